The summed E-state index contributed by atoms with van der Waals surface area (Å²) in [6, 6.07) is 20.4. The van der Waals surface area contributed by atoms with Gasteiger partial charge in [-0.3, -0.25) is 47.7 Å². The maximum atomic E-state index is 13.6. The molecule has 0 aliphatic carbocycles. The third-order valence-electron chi connectivity index (χ3n) is 15.9. The first-order chi connectivity index (χ1) is 41.3. The van der Waals surface area contributed by atoms with Gasteiger partial charge in [-0.2, -0.15) is 0 Å². The van der Waals surface area contributed by atoms with Crippen LogP contribution in [0.2, 0.25) is 0 Å². The van der Waals surface area contributed by atoms with E-state index in [0.29, 0.717) is 80.1 Å². The molecule has 0 radical (unpaired) electrons. The fourth-order valence-electron chi connectivity index (χ4n) is 11.0. The molecular formula is C61H90N16O8. The van der Waals surface area contributed by atoms with Gasteiger partial charge in [-0.15, -0.1) is 10.2 Å². The van der Waals surface area contributed by atoms with Crippen LogP contribution in [0.25, 0.3) is 0 Å². The Kier molecular flexibility index (Phi) is 28.1. The molecule has 9 N–H and O–H groups in total. The first kappa shape index (κ1) is 66.3. The maximum absolute atomic E-state index is 13.6. The van der Waals surface area contributed by atoms with Gasteiger partial charge in [-0.25, -0.2) is 0 Å². The van der Waals surface area contributed by atoms with Crippen molar-refractivity contribution in [2.45, 2.75) is 185 Å². The number of anilines is 2. The summed E-state index contributed by atoms with van der Waals surface area (Å²) >= 11 is 0. The van der Waals surface area contributed by atoms with Crippen LogP contribution >= 0.6 is 0 Å². The number of likely N-dealkylation sites (N-methyl/N-ethyl adjacent to an activating group) is 2. The number of nitrogens with two attached hydrogens (primary N) is 1. The van der Waals surface area contributed by atoms with E-state index >= 15 is 0 Å². The molecular weight excluding hydrogens is 1080 g/mol. The molecule has 0 saturated carbocycles. The second-order valence-electron chi connectivity index (χ2n) is 22.1. The Morgan fingerprint density at radius 2 is 1.29 bits per heavy atom. The van der Waals surface area contributed by atoms with Gasteiger partial charge in [0.15, 0.2) is 0 Å². The van der Waals surface area contributed by atoms with Crippen molar-refractivity contribution < 1.29 is 28.8 Å². The minimum atomic E-state index is -0.635. The Bertz CT molecular complexity index is 2870. The number of amides is 6. The number of hydrogen-bond acceptors (Lipinski definition) is 16. The first-order valence-corrected chi connectivity index (χ1v) is 30.5. The largest absolute Gasteiger partial charge is 0.380 e. The molecule has 3 aromatic carbocycles. The number of carbonyl (C=O) groups excluding carboxylic acids is 6. The van der Waals surface area contributed by atoms with E-state index in [9.17, 15) is 38.4 Å². The Morgan fingerprint density at radius 3 is 1.92 bits per heavy atom. The molecule has 85 heavy (non-hydrogen) atoms. The standard InChI is InChI=1S/C41H57N13O6.C10H17NO.C6H6.C4H10N2O/c1-42-24-34(56)47-31-16-8-7-15-30-17-18-33(54(30)41(31)60)40(59)45-23-29-25-52(50-48-29)21-11-3-9-19-43-36-37(39(58)38(36)57)44-20-10-4-12-22-53-26-32(49-51-53)35(46-27-55)28-13-5-2-6-14-28;12-10-7-3-1-2-5-9-6-4-8-11(9)10;1-2-4-6-5-3-1;1-3(6-2)4(5)7/h2,5-6,13-14,25-27,30-31,33,35,42-44H,3-4,7-12,15-24H2,1H3,(H,45,59)(H,46,55)(H,47,56);9H,1-8H2;1-6H;3,6H,1-2H3,(H2,5,7). The van der Waals surface area contributed by atoms with Crippen LogP contribution < -0.4 is 53.8 Å². The number of primary amides is 1. The van der Waals surface area contributed by atoms with Crippen molar-refractivity contribution in [1.82, 2.24) is 66.4 Å². The van der Waals surface area contributed by atoms with Crippen molar-refractivity contribution in [2.75, 3.05) is 50.9 Å². The zero-order valence-corrected chi connectivity index (χ0v) is 49.9. The van der Waals surface area contributed by atoms with E-state index in [0.717, 1.165) is 89.2 Å². The minimum Gasteiger partial charge on any atom is -0.380 e. The molecule has 5 aromatic rings. The number of benzene rings is 2. The third kappa shape index (κ3) is 21.0. The average molecular weight is 1180 g/mol. The summed E-state index contributed by atoms with van der Waals surface area (Å²) in [5, 5.41) is 37.2. The second-order valence-corrected chi connectivity index (χ2v) is 22.1. The molecule has 0 spiro atoms. The predicted octanol–water partition coefficient (Wildman–Crippen LogP) is 3.83. The van der Waals surface area contributed by atoms with E-state index in [1.807, 2.05) is 72.9 Å². The first-order valence-electron chi connectivity index (χ1n) is 30.5. The second kappa shape index (κ2) is 36.1. The Morgan fingerprint density at radius 1 is 0.694 bits per heavy atom. The van der Waals surface area contributed by atoms with Crippen molar-refractivity contribution in [1.29, 1.82) is 0 Å². The quantitative estimate of drug-likeness (QED) is 0.0222. The molecule has 6 amide bonds. The molecule has 4 aliphatic rings. The number of unbranched alkanes of at least 4 members (excludes halogenated alkanes) is 4. The number of hydrogen-bond donors (Lipinski definition) is 8. The van der Waals surface area contributed by atoms with Crippen LogP contribution in [-0.2, 0) is 48.4 Å². The van der Waals surface area contributed by atoms with Crippen LogP contribution in [0.5, 0.6) is 0 Å². The summed E-state index contributed by atoms with van der Waals surface area (Å²) in [4.78, 5) is 100. The molecule has 4 fully saturated rings. The number of nitrogens with one attached hydrogen (secondary N) is 7. The molecule has 462 valence electrons. The smallest absolute Gasteiger partial charge is 0.253 e. The van der Waals surface area contributed by atoms with Crippen molar-refractivity contribution in [3.05, 3.63) is 117 Å². The third-order valence-corrected chi connectivity index (χ3v) is 15.9. The molecule has 6 heterocycles. The van der Waals surface area contributed by atoms with E-state index in [-0.39, 0.29) is 54.8 Å². The summed E-state index contributed by atoms with van der Waals surface area (Å²) < 4.78 is 3.49. The zero-order valence-electron chi connectivity index (χ0n) is 49.9. The lowest BCUT2D eigenvalue weighted by molar-refractivity contribution is -0.144. The van der Waals surface area contributed by atoms with Crippen molar-refractivity contribution in [3.8, 4) is 0 Å². The van der Waals surface area contributed by atoms with E-state index in [4.69, 9.17) is 5.73 Å². The summed E-state index contributed by atoms with van der Waals surface area (Å²) in [7, 11) is 3.37. The van der Waals surface area contributed by atoms with Gasteiger partial charge in [-0.05, 0) is 116 Å². The van der Waals surface area contributed by atoms with Gasteiger partial charge in [0, 0.05) is 51.2 Å². The SMILES string of the molecule is CNC(C)C(N)=O.CNCC(=O)NC1CCCCC2CCC(C(=O)NCc3cn(CCCCCNc4c(NCCCCCn5cc(C(NC=O)c6ccccc6)nn5)c(=O)c4=O)nn3)N2C1=O.O=C1CCCCCC2CCCN12.c1ccccc1. The molecule has 0 bridgehead atoms. The molecule has 2 aromatic heterocycles. The molecule has 24 nitrogen and oxygen atoms in total. The molecule has 4 aliphatic heterocycles. The summed E-state index contributed by atoms with van der Waals surface area (Å²) in [6.45, 7) is 5.45. The molecule has 24 heteroatoms. The monoisotopic (exact) mass is 1170 g/mol. The summed E-state index contributed by atoms with van der Waals surface area (Å²) in [5.74, 6) is -0.559. The highest BCUT2D eigenvalue weighted by atomic mass is 16.2. The fraction of sp³-hybridized carbons (Fsp3) is 0.574. The van der Waals surface area contributed by atoms with Gasteiger partial charge in [-0.1, -0.05) is 103 Å². The number of carbonyl (C=O) groups is 6. The molecule has 4 saturated heterocycles. The van der Waals surface area contributed by atoms with Crippen molar-refractivity contribution in [2.24, 2.45) is 5.73 Å². The highest BCUT2D eigenvalue weighted by molar-refractivity contribution is 5.93. The lowest BCUT2D eigenvalue weighted by Gasteiger charge is -2.35. The minimum absolute atomic E-state index is 0.00946. The van der Waals surface area contributed by atoms with Crippen LogP contribution in [0, 0.1) is 0 Å². The highest BCUT2D eigenvalue weighted by Gasteiger charge is 2.44. The van der Waals surface area contributed by atoms with Gasteiger partial charge < -0.3 is 52.8 Å². The van der Waals surface area contributed by atoms with Gasteiger partial charge in [0.05, 0.1) is 37.6 Å². The van der Waals surface area contributed by atoms with E-state index in [1.165, 1.54) is 32.1 Å². The van der Waals surface area contributed by atoms with Crippen LogP contribution in [0.15, 0.2) is 88.7 Å². The van der Waals surface area contributed by atoms with Crippen LogP contribution in [0.3, 0.4) is 0 Å². The van der Waals surface area contributed by atoms with Crippen molar-refractivity contribution in [3.63, 3.8) is 0 Å². The van der Waals surface area contributed by atoms with Gasteiger partial charge >= 0.3 is 0 Å². The Hall–Kier alpha value is -7.86. The van der Waals surface area contributed by atoms with Gasteiger partial charge in [0.2, 0.25) is 35.9 Å². The van der Waals surface area contributed by atoms with E-state index in [2.05, 4.69) is 62.7 Å². The van der Waals surface area contributed by atoms with Crippen LogP contribution in [0.1, 0.15) is 152 Å². The number of rotatable bonds is 26. The van der Waals surface area contributed by atoms with Gasteiger partial charge in [0.25, 0.3) is 10.9 Å². The zero-order chi connectivity index (χ0) is 60.8. The maximum Gasteiger partial charge on any atom is 0.253 e. The lowest BCUT2D eigenvalue weighted by Crippen LogP contribution is -2.57. The Labute approximate surface area is 498 Å². The average Bonchev–Trinajstić information content (AvgIpc) is 4.49. The number of aromatic nitrogens is 6. The van der Waals surface area contributed by atoms with Gasteiger partial charge in [0.1, 0.15) is 34.8 Å². The number of aryl methyl sites for hydroxylation is 2. The predicted molar refractivity (Wildman–Crippen MR) is 325 cm³/mol. The lowest BCUT2D eigenvalue weighted by atomic mass is 9.99. The van der Waals surface area contributed by atoms with Crippen molar-refractivity contribution >= 4 is 47.3 Å². The molecule has 6 atom stereocenters. The van der Waals surface area contributed by atoms with E-state index < -0.39 is 22.9 Å². The van der Waals surface area contributed by atoms with E-state index in [1.54, 1.807) is 41.5 Å². The highest BCUT2D eigenvalue weighted by Crippen LogP contribution is 2.32. The Balaban J connectivity index is 0.000000377. The number of fused-ring (bicyclic) bond motifs is 2. The summed E-state index contributed by atoms with van der Waals surface area (Å²) in [6.07, 6.45) is 22.1. The normalized spacial score (nSPS) is 19.0. The topological polar surface area (TPSA) is 315 Å². The molecule has 9 rings (SSSR count). The van der Waals surface area contributed by atoms with Crippen LogP contribution in [0.4, 0.5) is 11.4 Å². The summed E-state index contributed by atoms with van der Waals surface area (Å²) in [5.41, 5.74) is 6.72. The number of nitrogens with zero attached hydrogens (tertiary/aromatic N) is 8. The molecule has 6 unspecified atom stereocenters. The van der Waals surface area contributed by atoms with Crippen LogP contribution in [-0.4, -0.2) is 146 Å². The fourth-order valence-corrected chi connectivity index (χ4v) is 11.0.